The Morgan fingerprint density at radius 1 is 1.50 bits per heavy atom. The molecule has 0 aromatic heterocycles. The van der Waals surface area contributed by atoms with Gasteiger partial charge in [-0.1, -0.05) is 0 Å². The lowest BCUT2D eigenvalue weighted by Gasteiger charge is -2.20. The summed E-state index contributed by atoms with van der Waals surface area (Å²) in [6.45, 7) is 3.80. The normalized spacial score (nSPS) is 21.6. The number of benzene rings is 1. The highest BCUT2D eigenvalue weighted by Crippen LogP contribution is 2.23. The lowest BCUT2D eigenvalue weighted by Crippen LogP contribution is -2.40. The van der Waals surface area contributed by atoms with E-state index in [2.05, 4.69) is 10.6 Å². The molecule has 0 bridgehead atoms. The van der Waals surface area contributed by atoms with Gasteiger partial charge in [-0.05, 0) is 49.9 Å². The molecule has 1 saturated heterocycles. The number of amides is 1. The van der Waals surface area contributed by atoms with Crippen molar-refractivity contribution in [3.63, 3.8) is 0 Å². The molecular weight excluding hydrogens is 276 g/mol. The Balaban J connectivity index is 0.00000147. The molecule has 20 heavy (non-hydrogen) atoms. The molecule has 2 atom stereocenters. The third kappa shape index (κ3) is 3.07. The standard InChI is InChI=1S/C15H20N2O2.ClH/c1-10(14-3-2-8-19-14)17-15(18)12-4-5-13-11(9-12)6-7-16-13;/h4-5,9-10,14,16H,2-3,6-8H2,1H3,(H,17,18);1H. The Bertz CT molecular complexity index is 487. The van der Waals surface area contributed by atoms with Gasteiger partial charge >= 0.3 is 0 Å². The molecular formula is C15H21ClN2O2. The van der Waals surface area contributed by atoms with Crippen molar-refractivity contribution in [3.05, 3.63) is 29.3 Å². The molecule has 5 heteroatoms. The van der Waals surface area contributed by atoms with Crippen molar-refractivity contribution in [3.8, 4) is 0 Å². The minimum atomic E-state index is -0.00213. The van der Waals surface area contributed by atoms with Crippen LogP contribution in [0.15, 0.2) is 18.2 Å². The number of carbonyl (C=O) groups is 1. The maximum absolute atomic E-state index is 12.2. The van der Waals surface area contributed by atoms with Gasteiger partial charge in [0.2, 0.25) is 0 Å². The molecule has 0 radical (unpaired) electrons. The summed E-state index contributed by atoms with van der Waals surface area (Å²) >= 11 is 0. The van der Waals surface area contributed by atoms with E-state index in [0.717, 1.165) is 43.7 Å². The van der Waals surface area contributed by atoms with Crippen molar-refractivity contribution >= 4 is 24.0 Å². The summed E-state index contributed by atoms with van der Waals surface area (Å²) in [6, 6.07) is 5.94. The van der Waals surface area contributed by atoms with E-state index < -0.39 is 0 Å². The monoisotopic (exact) mass is 296 g/mol. The number of hydrogen-bond donors (Lipinski definition) is 2. The van der Waals surface area contributed by atoms with E-state index in [0.29, 0.717) is 0 Å². The third-order valence-corrected chi connectivity index (χ3v) is 3.96. The summed E-state index contributed by atoms with van der Waals surface area (Å²) in [5.74, 6) is -0.00213. The number of anilines is 1. The number of halogens is 1. The first-order valence-electron chi connectivity index (χ1n) is 7.03. The number of rotatable bonds is 3. The maximum atomic E-state index is 12.2. The van der Waals surface area contributed by atoms with Crippen LogP contribution in [0.1, 0.15) is 35.7 Å². The minimum Gasteiger partial charge on any atom is -0.384 e. The average molecular weight is 297 g/mol. The number of fused-ring (bicyclic) bond motifs is 1. The topological polar surface area (TPSA) is 50.4 Å². The fourth-order valence-corrected chi connectivity index (χ4v) is 2.83. The molecule has 2 unspecified atom stereocenters. The lowest BCUT2D eigenvalue weighted by molar-refractivity contribution is 0.0712. The molecule has 3 rings (SSSR count). The van der Waals surface area contributed by atoms with Crippen LogP contribution in [0.5, 0.6) is 0 Å². The molecule has 1 aromatic rings. The molecule has 0 spiro atoms. The fourth-order valence-electron chi connectivity index (χ4n) is 2.83. The predicted molar refractivity (Wildman–Crippen MR) is 81.8 cm³/mol. The highest BCUT2D eigenvalue weighted by atomic mass is 35.5. The quantitative estimate of drug-likeness (QED) is 0.900. The van der Waals surface area contributed by atoms with Gasteiger partial charge in [-0.15, -0.1) is 12.4 Å². The summed E-state index contributed by atoms with van der Waals surface area (Å²) in [6.07, 6.45) is 3.29. The Labute approximate surface area is 125 Å². The molecule has 110 valence electrons. The number of hydrogen-bond acceptors (Lipinski definition) is 3. The first-order chi connectivity index (χ1) is 9.24. The molecule has 0 aliphatic carbocycles. The van der Waals surface area contributed by atoms with Gasteiger partial charge in [0, 0.05) is 24.4 Å². The van der Waals surface area contributed by atoms with E-state index in [9.17, 15) is 4.79 Å². The molecule has 1 aromatic carbocycles. The van der Waals surface area contributed by atoms with Gasteiger partial charge in [0.1, 0.15) is 0 Å². The predicted octanol–water partition coefficient (Wildman–Crippen LogP) is 2.37. The largest absolute Gasteiger partial charge is 0.384 e. The van der Waals surface area contributed by atoms with Gasteiger partial charge in [0.25, 0.3) is 5.91 Å². The van der Waals surface area contributed by atoms with Crippen LogP contribution in [-0.4, -0.2) is 31.2 Å². The maximum Gasteiger partial charge on any atom is 0.251 e. The zero-order valence-corrected chi connectivity index (χ0v) is 12.5. The van der Waals surface area contributed by atoms with Crippen LogP contribution in [-0.2, 0) is 11.2 Å². The van der Waals surface area contributed by atoms with Crippen LogP contribution in [0.4, 0.5) is 5.69 Å². The highest BCUT2D eigenvalue weighted by Gasteiger charge is 2.24. The molecule has 1 amide bonds. The van der Waals surface area contributed by atoms with Crippen molar-refractivity contribution < 1.29 is 9.53 Å². The Morgan fingerprint density at radius 3 is 3.10 bits per heavy atom. The van der Waals surface area contributed by atoms with Gasteiger partial charge < -0.3 is 15.4 Å². The second-order valence-corrected chi connectivity index (χ2v) is 5.36. The molecule has 2 aliphatic rings. The van der Waals surface area contributed by atoms with Crippen molar-refractivity contribution in [1.82, 2.24) is 5.32 Å². The van der Waals surface area contributed by atoms with Gasteiger partial charge in [0.05, 0.1) is 12.1 Å². The smallest absolute Gasteiger partial charge is 0.251 e. The highest BCUT2D eigenvalue weighted by molar-refractivity contribution is 5.95. The zero-order chi connectivity index (χ0) is 13.2. The van der Waals surface area contributed by atoms with Crippen LogP contribution >= 0.6 is 12.4 Å². The molecule has 0 saturated carbocycles. The van der Waals surface area contributed by atoms with Gasteiger partial charge in [-0.25, -0.2) is 0 Å². The second kappa shape index (κ2) is 6.46. The fraction of sp³-hybridized carbons (Fsp3) is 0.533. The van der Waals surface area contributed by atoms with Crippen LogP contribution in [0.2, 0.25) is 0 Å². The minimum absolute atomic E-state index is 0. The van der Waals surface area contributed by atoms with E-state index in [1.807, 2.05) is 25.1 Å². The van der Waals surface area contributed by atoms with Gasteiger partial charge in [-0.3, -0.25) is 4.79 Å². The van der Waals surface area contributed by atoms with Crippen molar-refractivity contribution in [2.45, 2.75) is 38.3 Å². The summed E-state index contributed by atoms with van der Waals surface area (Å²) in [4.78, 5) is 12.2. The Hall–Kier alpha value is -1.26. The Morgan fingerprint density at radius 2 is 2.35 bits per heavy atom. The van der Waals surface area contributed by atoms with E-state index >= 15 is 0 Å². The zero-order valence-electron chi connectivity index (χ0n) is 11.6. The molecule has 2 aliphatic heterocycles. The van der Waals surface area contributed by atoms with Crippen LogP contribution in [0.3, 0.4) is 0 Å². The first-order valence-corrected chi connectivity index (χ1v) is 7.03. The van der Waals surface area contributed by atoms with E-state index in [-0.39, 0.29) is 30.5 Å². The van der Waals surface area contributed by atoms with Crippen molar-refractivity contribution in [1.29, 1.82) is 0 Å². The number of carbonyl (C=O) groups excluding carboxylic acids is 1. The van der Waals surface area contributed by atoms with Crippen LogP contribution in [0, 0.1) is 0 Å². The summed E-state index contributed by atoms with van der Waals surface area (Å²) in [7, 11) is 0. The van der Waals surface area contributed by atoms with Crippen molar-refractivity contribution in [2.75, 3.05) is 18.5 Å². The third-order valence-electron chi connectivity index (χ3n) is 3.96. The second-order valence-electron chi connectivity index (χ2n) is 5.36. The van der Waals surface area contributed by atoms with Crippen molar-refractivity contribution in [2.24, 2.45) is 0 Å². The summed E-state index contributed by atoms with van der Waals surface area (Å²) in [5, 5.41) is 6.35. The average Bonchev–Trinajstić information content (AvgIpc) is 3.09. The van der Waals surface area contributed by atoms with E-state index in [1.165, 1.54) is 5.56 Å². The van der Waals surface area contributed by atoms with Gasteiger partial charge in [-0.2, -0.15) is 0 Å². The van der Waals surface area contributed by atoms with Gasteiger partial charge in [0.15, 0.2) is 0 Å². The van der Waals surface area contributed by atoms with E-state index in [4.69, 9.17) is 4.74 Å². The van der Waals surface area contributed by atoms with Crippen LogP contribution < -0.4 is 10.6 Å². The summed E-state index contributed by atoms with van der Waals surface area (Å²) in [5.41, 5.74) is 3.13. The number of nitrogens with one attached hydrogen (secondary N) is 2. The molecule has 2 heterocycles. The number of ether oxygens (including phenoxy) is 1. The Kier molecular flexibility index (Phi) is 4.89. The molecule has 4 nitrogen and oxygen atoms in total. The molecule has 2 N–H and O–H groups in total. The van der Waals surface area contributed by atoms with E-state index in [1.54, 1.807) is 0 Å². The first kappa shape index (κ1) is 15.1. The van der Waals surface area contributed by atoms with Crippen LogP contribution in [0.25, 0.3) is 0 Å². The SMILES string of the molecule is CC(NC(=O)c1ccc2c(c1)CCN2)C1CCCO1.Cl. The summed E-state index contributed by atoms with van der Waals surface area (Å²) < 4.78 is 5.60. The lowest BCUT2D eigenvalue weighted by atomic mass is 10.1. The molecule has 1 fully saturated rings.